The molecule has 0 fully saturated rings. The maximum atomic E-state index is 11.7. The minimum absolute atomic E-state index is 0.111. The first-order chi connectivity index (χ1) is 9.24. The van der Waals surface area contributed by atoms with Crippen molar-refractivity contribution in [3.8, 4) is 5.75 Å². The van der Waals surface area contributed by atoms with Crippen molar-refractivity contribution in [2.75, 3.05) is 0 Å². The monoisotopic (exact) mass is 278 g/mol. The lowest BCUT2D eigenvalue weighted by Crippen LogP contribution is -2.57. The highest BCUT2D eigenvalue weighted by molar-refractivity contribution is 5.84. The summed E-state index contributed by atoms with van der Waals surface area (Å²) in [4.78, 5) is 11.7. The predicted octanol–water partition coefficient (Wildman–Crippen LogP) is 2.39. The van der Waals surface area contributed by atoms with Crippen molar-refractivity contribution in [1.29, 1.82) is 0 Å². The van der Waals surface area contributed by atoms with Gasteiger partial charge in [-0.25, -0.2) is 0 Å². The van der Waals surface area contributed by atoms with E-state index < -0.39 is 5.54 Å². The van der Waals surface area contributed by atoms with E-state index in [1.165, 1.54) is 0 Å². The number of hydrogen-bond acceptors (Lipinski definition) is 3. The molecule has 112 valence electrons. The Morgan fingerprint density at radius 3 is 2.45 bits per heavy atom. The van der Waals surface area contributed by atoms with Gasteiger partial charge in [-0.2, -0.15) is 0 Å². The molecule has 0 heterocycles. The Morgan fingerprint density at radius 2 is 1.95 bits per heavy atom. The molecule has 4 nitrogen and oxygen atoms in total. The van der Waals surface area contributed by atoms with Crippen molar-refractivity contribution in [3.05, 3.63) is 29.8 Å². The molecule has 0 spiro atoms. The van der Waals surface area contributed by atoms with Crippen LogP contribution in [-0.2, 0) is 4.79 Å². The van der Waals surface area contributed by atoms with E-state index in [0.717, 1.165) is 11.3 Å². The fourth-order valence-electron chi connectivity index (χ4n) is 2.39. The SMILES string of the molecule is Cc1ccccc1OC(C)CC(C)(NC(C)C)C(N)=O. The summed E-state index contributed by atoms with van der Waals surface area (Å²) in [6, 6.07) is 8.03. The van der Waals surface area contributed by atoms with Crippen molar-refractivity contribution < 1.29 is 9.53 Å². The van der Waals surface area contributed by atoms with Gasteiger partial charge in [-0.1, -0.05) is 18.2 Å². The molecule has 4 heteroatoms. The lowest BCUT2D eigenvalue weighted by molar-refractivity contribution is -0.125. The molecule has 1 rings (SSSR count). The maximum absolute atomic E-state index is 11.7. The molecule has 1 amide bonds. The lowest BCUT2D eigenvalue weighted by atomic mass is 9.93. The molecule has 0 aliphatic carbocycles. The summed E-state index contributed by atoms with van der Waals surface area (Å²) < 4.78 is 5.92. The Balaban J connectivity index is 2.74. The average Bonchev–Trinajstić information content (AvgIpc) is 2.30. The maximum Gasteiger partial charge on any atom is 0.237 e. The van der Waals surface area contributed by atoms with Crippen LogP contribution in [0.5, 0.6) is 5.75 Å². The zero-order valence-electron chi connectivity index (χ0n) is 13.1. The molecule has 1 aromatic carbocycles. The predicted molar refractivity (Wildman–Crippen MR) is 81.8 cm³/mol. The average molecular weight is 278 g/mol. The Bertz CT molecular complexity index is 460. The van der Waals surface area contributed by atoms with Crippen LogP contribution in [0.25, 0.3) is 0 Å². The van der Waals surface area contributed by atoms with Crippen LogP contribution in [0.4, 0.5) is 0 Å². The van der Waals surface area contributed by atoms with Gasteiger partial charge in [0.05, 0.1) is 11.6 Å². The Hall–Kier alpha value is -1.55. The van der Waals surface area contributed by atoms with Crippen LogP contribution < -0.4 is 15.8 Å². The molecule has 0 saturated heterocycles. The highest BCUT2D eigenvalue weighted by atomic mass is 16.5. The number of carbonyl (C=O) groups excluding carboxylic acids is 1. The lowest BCUT2D eigenvalue weighted by Gasteiger charge is -2.32. The molecule has 1 aromatic rings. The van der Waals surface area contributed by atoms with Gasteiger partial charge >= 0.3 is 0 Å². The number of nitrogens with one attached hydrogen (secondary N) is 1. The third-order valence-corrected chi connectivity index (χ3v) is 3.27. The van der Waals surface area contributed by atoms with Crippen molar-refractivity contribution >= 4 is 5.91 Å². The van der Waals surface area contributed by atoms with E-state index in [9.17, 15) is 4.79 Å². The van der Waals surface area contributed by atoms with Gasteiger partial charge in [0.25, 0.3) is 0 Å². The zero-order valence-corrected chi connectivity index (χ0v) is 13.1. The smallest absolute Gasteiger partial charge is 0.237 e. The van der Waals surface area contributed by atoms with Gasteiger partial charge in [-0.15, -0.1) is 0 Å². The van der Waals surface area contributed by atoms with Crippen LogP contribution in [0, 0.1) is 6.92 Å². The number of carbonyl (C=O) groups is 1. The highest BCUT2D eigenvalue weighted by Gasteiger charge is 2.33. The Kier molecular flexibility index (Phi) is 5.57. The van der Waals surface area contributed by atoms with E-state index >= 15 is 0 Å². The van der Waals surface area contributed by atoms with Gasteiger partial charge < -0.3 is 15.8 Å². The molecular formula is C16H26N2O2. The fraction of sp³-hybridized carbons (Fsp3) is 0.562. The topological polar surface area (TPSA) is 64.3 Å². The van der Waals surface area contributed by atoms with Gasteiger partial charge in [0.15, 0.2) is 0 Å². The molecule has 2 unspecified atom stereocenters. The molecule has 0 bridgehead atoms. The van der Waals surface area contributed by atoms with Crippen LogP contribution >= 0.6 is 0 Å². The van der Waals surface area contributed by atoms with Gasteiger partial charge in [0.2, 0.25) is 5.91 Å². The van der Waals surface area contributed by atoms with Crippen LogP contribution in [0.3, 0.4) is 0 Å². The Labute approximate surface area is 121 Å². The fourth-order valence-corrected chi connectivity index (χ4v) is 2.39. The first kappa shape index (κ1) is 16.5. The largest absolute Gasteiger partial charge is 0.490 e. The quantitative estimate of drug-likeness (QED) is 0.805. The van der Waals surface area contributed by atoms with Crippen LogP contribution in [0.1, 0.15) is 39.7 Å². The van der Waals surface area contributed by atoms with Gasteiger partial charge in [-0.05, 0) is 46.2 Å². The number of para-hydroxylation sites is 1. The first-order valence-corrected chi connectivity index (χ1v) is 7.04. The van der Waals surface area contributed by atoms with Crippen molar-refractivity contribution in [2.24, 2.45) is 5.73 Å². The molecule has 0 aliphatic heterocycles. The minimum Gasteiger partial charge on any atom is -0.490 e. The van der Waals surface area contributed by atoms with E-state index in [1.54, 1.807) is 0 Å². The number of amides is 1. The minimum atomic E-state index is -0.768. The van der Waals surface area contributed by atoms with E-state index in [1.807, 2.05) is 58.9 Å². The van der Waals surface area contributed by atoms with Crippen LogP contribution in [0.2, 0.25) is 0 Å². The number of benzene rings is 1. The third kappa shape index (κ3) is 4.53. The summed E-state index contributed by atoms with van der Waals surface area (Å²) in [5.41, 5.74) is 5.85. The number of nitrogens with two attached hydrogens (primary N) is 1. The number of ether oxygens (including phenoxy) is 1. The summed E-state index contributed by atoms with van der Waals surface area (Å²) >= 11 is 0. The van der Waals surface area contributed by atoms with Crippen molar-refractivity contribution in [2.45, 2.75) is 58.7 Å². The van der Waals surface area contributed by atoms with E-state index in [0.29, 0.717) is 6.42 Å². The number of aryl methyl sites for hydroxylation is 1. The molecule has 0 aliphatic rings. The number of hydrogen-bond donors (Lipinski definition) is 2. The molecule has 2 atom stereocenters. The van der Waals surface area contributed by atoms with E-state index in [2.05, 4.69) is 5.32 Å². The summed E-state index contributed by atoms with van der Waals surface area (Å²) in [7, 11) is 0. The Morgan fingerprint density at radius 1 is 1.35 bits per heavy atom. The standard InChI is InChI=1S/C16H26N2O2/c1-11(2)18-16(5,15(17)19)10-13(4)20-14-9-7-6-8-12(14)3/h6-9,11,13,18H,10H2,1-5H3,(H2,17,19). The second-order valence-corrected chi connectivity index (χ2v) is 5.89. The van der Waals surface area contributed by atoms with E-state index in [4.69, 9.17) is 10.5 Å². The van der Waals surface area contributed by atoms with Crippen LogP contribution in [0.15, 0.2) is 24.3 Å². The molecular weight excluding hydrogens is 252 g/mol. The van der Waals surface area contributed by atoms with Gasteiger partial charge in [0.1, 0.15) is 5.75 Å². The molecule has 3 N–H and O–H groups in total. The van der Waals surface area contributed by atoms with Gasteiger partial charge in [0, 0.05) is 12.5 Å². The second kappa shape index (κ2) is 6.75. The third-order valence-electron chi connectivity index (χ3n) is 3.27. The summed E-state index contributed by atoms with van der Waals surface area (Å²) in [6.07, 6.45) is 0.411. The molecule has 0 saturated carbocycles. The molecule has 0 radical (unpaired) electrons. The normalized spacial score (nSPS) is 15.7. The summed E-state index contributed by atoms with van der Waals surface area (Å²) in [5.74, 6) is 0.489. The van der Waals surface area contributed by atoms with Gasteiger partial charge in [-0.3, -0.25) is 4.79 Å². The summed E-state index contributed by atoms with van der Waals surface area (Å²) in [6.45, 7) is 9.77. The van der Waals surface area contributed by atoms with Crippen molar-refractivity contribution in [3.63, 3.8) is 0 Å². The van der Waals surface area contributed by atoms with Crippen LogP contribution in [-0.4, -0.2) is 23.6 Å². The number of primary amides is 1. The zero-order chi connectivity index (χ0) is 15.3. The number of rotatable bonds is 7. The van der Waals surface area contributed by atoms with Crippen molar-refractivity contribution in [1.82, 2.24) is 5.32 Å². The summed E-state index contributed by atoms with van der Waals surface area (Å²) in [5, 5.41) is 3.23. The first-order valence-electron chi connectivity index (χ1n) is 7.04. The molecule has 0 aromatic heterocycles. The second-order valence-electron chi connectivity index (χ2n) is 5.89. The molecule has 20 heavy (non-hydrogen) atoms. The van der Waals surface area contributed by atoms with E-state index in [-0.39, 0.29) is 18.1 Å². The highest BCUT2D eigenvalue weighted by Crippen LogP contribution is 2.22.